The third kappa shape index (κ3) is 7.01. The van der Waals surface area contributed by atoms with Crippen LogP contribution in [0.5, 0.6) is 11.6 Å². The highest BCUT2D eigenvalue weighted by Gasteiger charge is 2.24. The molecule has 0 unspecified atom stereocenters. The molecule has 0 fully saturated rings. The van der Waals surface area contributed by atoms with Gasteiger partial charge in [-0.2, -0.15) is 0 Å². The number of nitrogens with one attached hydrogen (secondary N) is 1. The normalized spacial score (nSPS) is 14.6. The quantitative estimate of drug-likeness (QED) is 0.184. The van der Waals surface area contributed by atoms with E-state index in [1.54, 1.807) is 27.3 Å². The summed E-state index contributed by atoms with van der Waals surface area (Å²) in [6.45, 7) is 6.70. The first-order chi connectivity index (χ1) is 21.2. The van der Waals surface area contributed by atoms with Crippen LogP contribution < -0.4 is 14.8 Å². The standard InChI is InChI=1S/C34H38Cl2N4O4/c1-20(41)16-37-17-23-8-9-29(39-34(23)44-4)27-7-5-6-25(31(27)35)26-10-12-38-33(32(26)36)24-14-22-11-13-40(18-21(2)42)19-28(22)30(15-24)43-3/h5-10,12,14-15,20-21,37,41-42H,11,13,16-19H2,1-4H3/t20-,21-/m1/s1. The van der Waals surface area contributed by atoms with Crippen LogP contribution in [0.3, 0.4) is 0 Å². The van der Waals surface area contributed by atoms with Crippen LogP contribution >= 0.6 is 23.2 Å². The third-order valence-corrected chi connectivity index (χ3v) is 8.53. The SMILES string of the molecule is COc1cc(-c2nccc(-c3cccc(-c4ccc(CNC[C@@H](C)O)c(OC)n4)c3Cl)c2Cl)cc2c1CN(C[C@@H](C)O)CC2. The fraction of sp³-hybridized carbons (Fsp3) is 0.353. The summed E-state index contributed by atoms with van der Waals surface area (Å²) in [5, 5.41) is 23.6. The van der Waals surface area contributed by atoms with E-state index in [9.17, 15) is 10.2 Å². The van der Waals surface area contributed by atoms with Gasteiger partial charge in [-0.25, -0.2) is 4.98 Å². The molecule has 3 heterocycles. The van der Waals surface area contributed by atoms with Crippen LogP contribution in [0.25, 0.3) is 33.6 Å². The summed E-state index contributed by atoms with van der Waals surface area (Å²) in [6, 6.07) is 15.6. The Kier molecular flexibility index (Phi) is 10.4. The van der Waals surface area contributed by atoms with Gasteiger partial charge in [-0.1, -0.05) is 47.5 Å². The smallest absolute Gasteiger partial charge is 0.218 e. The minimum absolute atomic E-state index is 0.390. The van der Waals surface area contributed by atoms with Crippen LogP contribution in [-0.4, -0.2) is 71.1 Å². The van der Waals surface area contributed by atoms with E-state index >= 15 is 0 Å². The number of β-amino-alcohol motifs (C(OH)–C–C–N with tert-alkyl or cyclic N) is 1. The van der Waals surface area contributed by atoms with Crippen LogP contribution in [0.2, 0.25) is 10.0 Å². The van der Waals surface area contributed by atoms with Crippen molar-refractivity contribution in [2.45, 2.75) is 45.6 Å². The maximum atomic E-state index is 9.88. The van der Waals surface area contributed by atoms with E-state index in [-0.39, 0.29) is 0 Å². The number of nitrogens with zero attached hydrogens (tertiary/aromatic N) is 3. The van der Waals surface area contributed by atoms with E-state index in [2.05, 4.69) is 21.3 Å². The Labute approximate surface area is 268 Å². The van der Waals surface area contributed by atoms with Gasteiger partial charge in [0.05, 0.1) is 47.9 Å². The summed E-state index contributed by atoms with van der Waals surface area (Å²) in [4.78, 5) is 11.6. The third-order valence-electron chi connectivity index (χ3n) is 7.74. The molecule has 5 rings (SSSR count). The number of fused-ring (bicyclic) bond motifs is 1. The zero-order valence-corrected chi connectivity index (χ0v) is 26.9. The van der Waals surface area contributed by atoms with Crippen molar-refractivity contribution in [1.82, 2.24) is 20.2 Å². The zero-order chi connectivity index (χ0) is 31.4. The molecule has 1 aliphatic rings. The minimum atomic E-state index is -0.447. The Bertz CT molecular complexity index is 1610. The maximum absolute atomic E-state index is 9.88. The molecule has 232 valence electrons. The molecule has 44 heavy (non-hydrogen) atoms. The zero-order valence-electron chi connectivity index (χ0n) is 25.4. The van der Waals surface area contributed by atoms with E-state index in [1.807, 2.05) is 49.4 Å². The number of aliphatic hydroxyl groups is 2. The molecule has 0 spiro atoms. The van der Waals surface area contributed by atoms with E-state index < -0.39 is 12.2 Å². The largest absolute Gasteiger partial charge is 0.496 e. The summed E-state index contributed by atoms with van der Waals surface area (Å²) in [5.41, 5.74) is 7.64. The number of aliphatic hydroxyl groups excluding tert-OH is 2. The topological polar surface area (TPSA) is 100.0 Å². The van der Waals surface area contributed by atoms with Gasteiger partial charge >= 0.3 is 0 Å². The Morgan fingerprint density at radius 1 is 0.955 bits per heavy atom. The Balaban J connectivity index is 1.48. The van der Waals surface area contributed by atoms with Crippen molar-refractivity contribution >= 4 is 23.2 Å². The Morgan fingerprint density at radius 3 is 2.45 bits per heavy atom. The first-order valence-electron chi connectivity index (χ1n) is 14.7. The van der Waals surface area contributed by atoms with Gasteiger partial charge in [0.25, 0.3) is 0 Å². The van der Waals surface area contributed by atoms with E-state index in [0.717, 1.165) is 52.1 Å². The summed E-state index contributed by atoms with van der Waals surface area (Å²) >= 11 is 14.1. The second-order valence-electron chi connectivity index (χ2n) is 11.2. The summed E-state index contributed by atoms with van der Waals surface area (Å²) in [6.07, 6.45) is 1.74. The molecule has 0 aliphatic carbocycles. The second-order valence-corrected chi connectivity index (χ2v) is 11.9. The lowest BCUT2D eigenvalue weighted by atomic mass is 9.93. The monoisotopic (exact) mass is 636 g/mol. The van der Waals surface area contributed by atoms with Crippen LogP contribution in [0, 0.1) is 0 Å². The molecule has 4 aromatic rings. The van der Waals surface area contributed by atoms with Crippen molar-refractivity contribution in [3.05, 3.63) is 81.5 Å². The molecule has 0 bridgehead atoms. The highest BCUT2D eigenvalue weighted by molar-refractivity contribution is 6.39. The molecule has 2 aromatic carbocycles. The lowest BCUT2D eigenvalue weighted by Crippen LogP contribution is -2.35. The van der Waals surface area contributed by atoms with Crippen molar-refractivity contribution in [2.24, 2.45) is 0 Å². The van der Waals surface area contributed by atoms with Crippen LogP contribution in [0.4, 0.5) is 0 Å². The van der Waals surface area contributed by atoms with Gasteiger partial charge in [0.1, 0.15) is 5.75 Å². The molecule has 0 amide bonds. The van der Waals surface area contributed by atoms with Gasteiger partial charge in [0, 0.05) is 72.3 Å². The fourth-order valence-corrected chi connectivity index (χ4v) is 6.32. The lowest BCUT2D eigenvalue weighted by Gasteiger charge is -2.31. The average molecular weight is 638 g/mol. The van der Waals surface area contributed by atoms with Gasteiger partial charge in [0.15, 0.2) is 0 Å². The maximum Gasteiger partial charge on any atom is 0.218 e. The van der Waals surface area contributed by atoms with Gasteiger partial charge in [0.2, 0.25) is 5.88 Å². The molecular formula is C34H38Cl2N4O4. The molecule has 0 saturated carbocycles. The van der Waals surface area contributed by atoms with Crippen molar-refractivity contribution in [1.29, 1.82) is 0 Å². The van der Waals surface area contributed by atoms with Gasteiger partial charge in [-0.15, -0.1) is 0 Å². The van der Waals surface area contributed by atoms with E-state index in [0.29, 0.717) is 53.5 Å². The van der Waals surface area contributed by atoms with Crippen LogP contribution in [0.1, 0.15) is 30.5 Å². The highest BCUT2D eigenvalue weighted by atomic mass is 35.5. The minimum Gasteiger partial charge on any atom is -0.496 e. The number of aromatic nitrogens is 2. The number of halogens is 2. The molecule has 8 nitrogen and oxygen atoms in total. The Morgan fingerprint density at radius 2 is 1.73 bits per heavy atom. The molecule has 2 aromatic heterocycles. The average Bonchev–Trinajstić information content (AvgIpc) is 3.00. The number of rotatable bonds is 11. The number of hydrogen-bond donors (Lipinski definition) is 3. The summed E-state index contributed by atoms with van der Waals surface area (Å²) in [7, 11) is 3.26. The Hall–Kier alpha value is -3.24. The number of benzene rings is 2. The van der Waals surface area contributed by atoms with Crippen LogP contribution in [-0.2, 0) is 19.5 Å². The number of ether oxygens (including phenoxy) is 2. The second kappa shape index (κ2) is 14.2. The predicted octanol–water partition coefficient (Wildman–Crippen LogP) is 6.01. The molecule has 3 N–H and O–H groups in total. The van der Waals surface area contributed by atoms with Gasteiger partial charge in [-0.3, -0.25) is 9.88 Å². The first-order valence-corrected chi connectivity index (χ1v) is 15.4. The molecule has 0 saturated heterocycles. The first kappa shape index (κ1) is 32.2. The predicted molar refractivity (Wildman–Crippen MR) is 176 cm³/mol. The lowest BCUT2D eigenvalue weighted by molar-refractivity contribution is 0.118. The van der Waals surface area contributed by atoms with Crippen molar-refractivity contribution < 1.29 is 19.7 Å². The van der Waals surface area contributed by atoms with E-state index in [1.165, 1.54) is 5.56 Å². The van der Waals surface area contributed by atoms with Gasteiger partial charge < -0.3 is 25.0 Å². The van der Waals surface area contributed by atoms with E-state index in [4.69, 9.17) is 37.7 Å². The van der Waals surface area contributed by atoms with Crippen LogP contribution in [0.15, 0.2) is 54.7 Å². The summed E-state index contributed by atoms with van der Waals surface area (Å²) < 4.78 is 11.4. The molecule has 10 heteroatoms. The summed E-state index contributed by atoms with van der Waals surface area (Å²) in [5.74, 6) is 1.27. The van der Waals surface area contributed by atoms with Crippen molar-refractivity contribution in [2.75, 3.05) is 33.9 Å². The highest BCUT2D eigenvalue weighted by Crippen LogP contribution is 2.43. The number of hydrogen-bond acceptors (Lipinski definition) is 8. The molecule has 1 aliphatic heterocycles. The fourth-order valence-electron chi connectivity index (χ4n) is 5.67. The van der Waals surface area contributed by atoms with Crippen molar-refractivity contribution in [3.63, 3.8) is 0 Å². The molecule has 0 radical (unpaired) electrons. The number of methoxy groups -OCH3 is 2. The van der Waals surface area contributed by atoms with Gasteiger partial charge in [-0.05, 0) is 50.1 Å². The van der Waals surface area contributed by atoms with Crippen molar-refractivity contribution in [3.8, 4) is 45.3 Å². The molecular weight excluding hydrogens is 599 g/mol. The molecule has 2 atom stereocenters. The number of pyridine rings is 2.